The largest absolute Gasteiger partial charge is 0.347 e. The number of carbonyl (C=O) groups excluding carboxylic acids is 1. The minimum atomic E-state index is -0.0837. The Morgan fingerprint density at radius 3 is 2.43 bits per heavy atom. The summed E-state index contributed by atoms with van der Waals surface area (Å²) in [4.78, 5) is 11.0. The third-order valence-corrected chi connectivity index (χ3v) is 2.41. The normalized spacial score (nSPS) is 13.4. The molecule has 0 aliphatic rings. The van der Waals surface area contributed by atoms with Crippen molar-refractivity contribution in [1.29, 1.82) is 0 Å². The minimum absolute atomic E-state index is 0.0837. The Morgan fingerprint density at radius 2 is 2.07 bits per heavy atom. The first kappa shape index (κ1) is 13.2. The molecule has 0 spiro atoms. The van der Waals surface area contributed by atoms with E-state index in [0.717, 1.165) is 23.9 Å². The lowest BCUT2D eigenvalue weighted by molar-refractivity contribution is -0.895. The number of amides is 1. The fourth-order valence-corrected chi connectivity index (χ4v) is 1.39. The van der Waals surface area contributed by atoms with Gasteiger partial charge in [-0.3, -0.25) is 4.79 Å². The van der Waals surface area contributed by atoms with Gasteiger partial charge in [-0.2, -0.15) is 0 Å². The number of hydrogen-bond donors (Lipinski definition) is 1. The molecule has 1 amide bonds. The van der Waals surface area contributed by atoms with E-state index < -0.39 is 0 Å². The Balaban J connectivity index is 4.10. The first-order chi connectivity index (χ1) is 6.41. The molecule has 0 aromatic carbocycles. The highest BCUT2D eigenvalue weighted by atomic mass is 16.1. The van der Waals surface area contributed by atoms with Crippen LogP contribution in [0.1, 0.15) is 19.8 Å². The second-order valence-electron chi connectivity index (χ2n) is 4.51. The molecule has 0 aliphatic carbocycles. The molecule has 1 unspecified atom stereocenters. The minimum Gasteiger partial charge on any atom is -0.347 e. The van der Waals surface area contributed by atoms with Crippen LogP contribution < -0.4 is 5.32 Å². The molecule has 1 atom stereocenters. The van der Waals surface area contributed by atoms with Crippen molar-refractivity contribution < 1.29 is 9.28 Å². The second-order valence-corrected chi connectivity index (χ2v) is 4.51. The molecule has 0 saturated carbocycles. The van der Waals surface area contributed by atoms with Gasteiger partial charge in [0.1, 0.15) is 6.04 Å². The zero-order valence-corrected chi connectivity index (χ0v) is 9.84. The Hall–Kier alpha value is -0.830. The summed E-state index contributed by atoms with van der Waals surface area (Å²) in [7, 11) is 6.46. The van der Waals surface area contributed by atoms with Crippen molar-refractivity contribution in [2.24, 2.45) is 0 Å². The average molecular weight is 199 g/mol. The topological polar surface area (TPSA) is 29.1 Å². The van der Waals surface area contributed by atoms with Crippen LogP contribution in [-0.2, 0) is 4.79 Å². The van der Waals surface area contributed by atoms with Crippen LogP contribution in [0.2, 0.25) is 0 Å². The van der Waals surface area contributed by atoms with Gasteiger partial charge in [0.05, 0.1) is 27.7 Å². The van der Waals surface area contributed by atoms with Gasteiger partial charge < -0.3 is 9.80 Å². The van der Waals surface area contributed by atoms with E-state index in [-0.39, 0.29) is 5.91 Å². The number of nitrogens with zero attached hydrogens (tertiary/aromatic N) is 1. The van der Waals surface area contributed by atoms with Crippen LogP contribution in [0.15, 0.2) is 12.7 Å². The molecular weight excluding hydrogens is 176 g/mol. The van der Waals surface area contributed by atoms with Gasteiger partial charge in [-0.05, 0) is 6.08 Å². The van der Waals surface area contributed by atoms with E-state index in [1.54, 1.807) is 0 Å². The zero-order chi connectivity index (χ0) is 11.2. The number of nitrogens with one attached hydrogen (secondary N) is 1. The smallest absolute Gasteiger partial charge is 0.243 e. The molecule has 1 N–H and O–H groups in total. The van der Waals surface area contributed by atoms with Crippen molar-refractivity contribution in [3.8, 4) is 0 Å². The Bertz CT molecular complexity index is 194. The zero-order valence-electron chi connectivity index (χ0n) is 9.84. The summed E-state index contributed by atoms with van der Waals surface area (Å²) >= 11 is 0. The summed E-state index contributed by atoms with van der Waals surface area (Å²) in [5.41, 5.74) is 0. The molecule has 14 heavy (non-hydrogen) atoms. The van der Waals surface area contributed by atoms with Crippen LogP contribution >= 0.6 is 0 Å². The lowest BCUT2D eigenvalue weighted by atomic mass is 10.1. The van der Waals surface area contributed by atoms with E-state index in [9.17, 15) is 4.79 Å². The van der Waals surface area contributed by atoms with E-state index >= 15 is 0 Å². The number of likely N-dealkylation sites (N-methyl/N-ethyl adjacent to an activating group) is 1. The maximum atomic E-state index is 11.0. The third-order valence-electron chi connectivity index (χ3n) is 2.41. The summed E-state index contributed by atoms with van der Waals surface area (Å²) < 4.78 is 0.880. The fraction of sp³-hybridized carbons (Fsp3) is 0.727. The lowest BCUT2D eigenvalue weighted by Gasteiger charge is -2.34. The van der Waals surface area contributed by atoms with E-state index in [2.05, 4.69) is 40.0 Å². The molecule has 0 aromatic heterocycles. The molecule has 0 aliphatic heterocycles. The van der Waals surface area contributed by atoms with Crippen LogP contribution in [0.4, 0.5) is 0 Å². The lowest BCUT2D eigenvalue weighted by Crippen LogP contribution is -2.50. The van der Waals surface area contributed by atoms with Crippen LogP contribution in [0.3, 0.4) is 0 Å². The Labute approximate surface area is 87.4 Å². The number of carbonyl (C=O) groups is 1. The van der Waals surface area contributed by atoms with Gasteiger partial charge in [0, 0.05) is 6.42 Å². The van der Waals surface area contributed by atoms with Crippen molar-refractivity contribution in [2.45, 2.75) is 25.8 Å². The van der Waals surface area contributed by atoms with Gasteiger partial charge in [0.2, 0.25) is 5.91 Å². The second kappa shape index (κ2) is 5.81. The van der Waals surface area contributed by atoms with Gasteiger partial charge in [0.15, 0.2) is 0 Å². The van der Waals surface area contributed by atoms with Crippen LogP contribution in [0.5, 0.6) is 0 Å². The summed E-state index contributed by atoms with van der Waals surface area (Å²) in [6, 6.07) is 0.476. The third kappa shape index (κ3) is 5.02. The average Bonchev–Trinajstić information content (AvgIpc) is 2.09. The monoisotopic (exact) mass is 199 g/mol. The first-order valence-corrected chi connectivity index (χ1v) is 5.13. The standard InChI is InChI=1S/C11H22N2O/c1-6-8-10(13(3,4)5)9-12-11(14)7-2/h7,10H,2,6,8-9H2,1,3-5H3/p+1. The molecule has 3 nitrogen and oxygen atoms in total. The van der Waals surface area contributed by atoms with Gasteiger partial charge in [0.25, 0.3) is 0 Å². The predicted octanol–water partition coefficient (Wildman–Crippen LogP) is 1.16. The molecule has 3 heteroatoms. The van der Waals surface area contributed by atoms with Gasteiger partial charge in [-0.15, -0.1) is 0 Å². The molecule has 0 radical (unpaired) electrons. The van der Waals surface area contributed by atoms with Crippen molar-refractivity contribution in [3.05, 3.63) is 12.7 Å². The Kier molecular flexibility index (Phi) is 5.46. The van der Waals surface area contributed by atoms with E-state index in [0.29, 0.717) is 6.04 Å². The number of hydrogen-bond acceptors (Lipinski definition) is 1. The summed E-state index contributed by atoms with van der Waals surface area (Å²) in [5.74, 6) is -0.0837. The Morgan fingerprint density at radius 1 is 1.50 bits per heavy atom. The van der Waals surface area contributed by atoms with Crippen LogP contribution in [0.25, 0.3) is 0 Å². The molecule has 0 rings (SSSR count). The SMILES string of the molecule is C=CC(=O)NCC(CCC)[N+](C)(C)C. The van der Waals surface area contributed by atoms with Gasteiger partial charge in [-0.25, -0.2) is 0 Å². The van der Waals surface area contributed by atoms with E-state index in [1.807, 2.05) is 0 Å². The van der Waals surface area contributed by atoms with Gasteiger partial charge >= 0.3 is 0 Å². The summed E-state index contributed by atoms with van der Waals surface area (Å²) in [6.45, 7) is 6.32. The fourth-order valence-electron chi connectivity index (χ4n) is 1.39. The van der Waals surface area contributed by atoms with Crippen LogP contribution in [-0.4, -0.2) is 44.1 Å². The molecule has 0 fully saturated rings. The highest BCUT2D eigenvalue weighted by Crippen LogP contribution is 2.08. The molecular formula is C11H23N2O+. The number of rotatable bonds is 6. The molecule has 0 aromatic rings. The maximum absolute atomic E-state index is 11.0. The summed E-state index contributed by atoms with van der Waals surface area (Å²) in [5, 5.41) is 2.85. The molecule has 0 saturated heterocycles. The van der Waals surface area contributed by atoms with E-state index in [1.165, 1.54) is 6.08 Å². The predicted molar refractivity (Wildman–Crippen MR) is 59.9 cm³/mol. The van der Waals surface area contributed by atoms with Crippen molar-refractivity contribution in [3.63, 3.8) is 0 Å². The highest BCUT2D eigenvalue weighted by Gasteiger charge is 2.22. The van der Waals surface area contributed by atoms with Crippen molar-refractivity contribution >= 4 is 5.91 Å². The number of quaternary nitrogens is 1. The molecule has 82 valence electrons. The van der Waals surface area contributed by atoms with Crippen LogP contribution in [0, 0.1) is 0 Å². The van der Waals surface area contributed by atoms with E-state index in [4.69, 9.17) is 0 Å². The maximum Gasteiger partial charge on any atom is 0.243 e. The van der Waals surface area contributed by atoms with Crippen molar-refractivity contribution in [1.82, 2.24) is 5.32 Å². The first-order valence-electron chi connectivity index (χ1n) is 5.13. The quantitative estimate of drug-likeness (QED) is 0.505. The highest BCUT2D eigenvalue weighted by molar-refractivity contribution is 5.86. The molecule has 0 heterocycles. The van der Waals surface area contributed by atoms with Crippen molar-refractivity contribution in [2.75, 3.05) is 27.7 Å². The molecule has 0 bridgehead atoms. The summed E-state index contributed by atoms with van der Waals surface area (Å²) in [6.07, 6.45) is 3.59. The van der Waals surface area contributed by atoms with Gasteiger partial charge in [-0.1, -0.05) is 19.9 Å².